The van der Waals surface area contributed by atoms with Gasteiger partial charge >= 0.3 is 5.97 Å². The molecule has 0 aliphatic heterocycles. The van der Waals surface area contributed by atoms with Crippen molar-refractivity contribution in [2.45, 2.75) is 19.8 Å². The summed E-state index contributed by atoms with van der Waals surface area (Å²) in [4.78, 5) is 16.7. The Morgan fingerprint density at radius 2 is 2.09 bits per heavy atom. The van der Waals surface area contributed by atoms with Gasteiger partial charge in [-0.15, -0.1) is 11.3 Å². The Balaban J connectivity index is 2.07. The Kier molecular flexibility index (Phi) is 6.56. The van der Waals surface area contributed by atoms with Crippen molar-refractivity contribution in [3.05, 3.63) is 64.3 Å². The highest BCUT2D eigenvalue weighted by atomic mass is 32.1. The first kappa shape index (κ1) is 17.0. The Hall–Kier alpha value is -2.40. The molecule has 1 aromatic heterocycles. The molecule has 2 aromatic rings. The van der Waals surface area contributed by atoms with Gasteiger partial charge < -0.3 is 9.47 Å². The number of carbonyl (C=O) groups is 1. The van der Waals surface area contributed by atoms with Crippen LogP contribution >= 0.6 is 11.3 Å². The van der Waals surface area contributed by atoms with E-state index in [2.05, 4.69) is 11.9 Å². The van der Waals surface area contributed by atoms with Crippen molar-refractivity contribution >= 4 is 23.4 Å². The zero-order valence-electron chi connectivity index (χ0n) is 13.2. The number of aryl methyl sites for hydroxylation is 1. The van der Waals surface area contributed by atoms with Crippen LogP contribution in [0.1, 0.15) is 24.0 Å². The Labute approximate surface area is 140 Å². The third-order valence-corrected chi connectivity index (χ3v) is 3.83. The molecular formula is C18H19NO3S. The number of ether oxygens (including phenoxy) is 2. The maximum absolute atomic E-state index is 12.2. The van der Waals surface area contributed by atoms with E-state index >= 15 is 0 Å². The monoisotopic (exact) mass is 329 g/mol. The molecule has 0 atom stereocenters. The van der Waals surface area contributed by atoms with Crippen molar-refractivity contribution in [3.63, 3.8) is 0 Å². The summed E-state index contributed by atoms with van der Waals surface area (Å²) < 4.78 is 10.3. The fraction of sp³-hybridized carbons (Fsp3) is 0.222. The van der Waals surface area contributed by atoms with Gasteiger partial charge in [0.1, 0.15) is 5.75 Å². The Morgan fingerprint density at radius 1 is 1.30 bits per heavy atom. The molecule has 2 rings (SSSR count). The molecule has 0 radical (unpaired) electrons. The average Bonchev–Trinajstić information content (AvgIpc) is 3.00. The molecule has 0 spiro atoms. The predicted molar refractivity (Wildman–Crippen MR) is 92.3 cm³/mol. The Bertz CT molecular complexity index is 689. The summed E-state index contributed by atoms with van der Waals surface area (Å²) in [6, 6.07) is 8.93. The van der Waals surface area contributed by atoms with Crippen LogP contribution in [0, 0.1) is 0 Å². The summed E-state index contributed by atoms with van der Waals surface area (Å²) in [5.41, 5.74) is 1.15. The van der Waals surface area contributed by atoms with E-state index in [0.717, 1.165) is 23.5 Å². The van der Waals surface area contributed by atoms with Crippen molar-refractivity contribution < 1.29 is 14.3 Å². The first-order valence-corrected chi connectivity index (χ1v) is 8.23. The van der Waals surface area contributed by atoms with Gasteiger partial charge in [-0.05, 0) is 37.1 Å². The van der Waals surface area contributed by atoms with E-state index in [1.165, 1.54) is 13.4 Å². The topological polar surface area (TPSA) is 48.4 Å². The van der Waals surface area contributed by atoms with E-state index in [-0.39, 0.29) is 0 Å². The number of thiazole rings is 1. The van der Waals surface area contributed by atoms with E-state index in [9.17, 15) is 4.79 Å². The lowest BCUT2D eigenvalue weighted by Gasteiger charge is -2.04. The molecule has 0 bridgehead atoms. The number of aromatic nitrogens is 1. The van der Waals surface area contributed by atoms with Crippen LogP contribution in [0.5, 0.6) is 5.75 Å². The summed E-state index contributed by atoms with van der Waals surface area (Å²) in [6.45, 7) is 2.12. The van der Waals surface area contributed by atoms with E-state index in [0.29, 0.717) is 11.3 Å². The first-order valence-electron chi connectivity index (χ1n) is 7.35. The number of carbonyl (C=O) groups excluding carboxylic acids is 1. The van der Waals surface area contributed by atoms with Gasteiger partial charge in [-0.3, -0.25) is 0 Å². The van der Waals surface area contributed by atoms with Gasteiger partial charge in [-0.1, -0.05) is 25.1 Å². The normalized spacial score (nSPS) is 11.7. The number of hydrogen-bond acceptors (Lipinski definition) is 5. The van der Waals surface area contributed by atoms with Gasteiger partial charge in [0.2, 0.25) is 0 Å². The summed E-state index contributed by atoms with van der Waals surface area (Å²) in [7, 11) is 1.49. The average molecular weight is 329 g/mol. The molecule has 0 aliphatic rings. The van der Waals surface area contributed by atoms with E-state index in [1.807, 2.05) is 23.6 Å². The van der Waals surface area contributed by atoms with Crippen LogP contribution in [0.4, 0.5) is 0 Å². The van der Waals surface area contributed by atoms with E-state index in [1.54, 1.807) is 35.6 Å². The van der Waals surface area contributed by atoms with Crippen LogP contribution in [-0.2, 0) is 16.0 Å². The Morgan fingerprint density at radius 3 is 2.78 bits per heavy atom. The van der Waals surface area contributed by atoms with Crippen molar-refractivity contribution in [3.8, 4) is 5.75 Å². The highest BCUT2D eigenvalue weighted by molar-refractivity contribution is 7.09. The van der Waals surface area contributed by atoms with Crippen LogP contribution in [0.15, 0.2) is 53.6 Å². The molecule has 23 heavy (non-hydrogen) atoms. The van der Waals surface area contributed by atoms with Crippen molar-refractivity contribution in [2.24, 2.45) is 0 Å². The highest BCUT2D eigenvalue weighted by Crippen LogP contribution is 2.15. The second-order valence-corrected chi connectivity index (χ2v) is 5.70. The van der Waals surface area contributed by atoms with Gasteiger partial charge in [0, 0.05) is 5.38 Å². The molecule has 0 unspecified atom stereocenters. The largest absolute Gasteiger partial charge is 0.503 e. The standard InChI is InChI=1S/C18H19NO3S/c1-3-7-17-19-15(13-23-17)11-10-14(12-21-2)18(20)22-16-8-5-4-6-9-16/h4-6,8-13H,3,7H2,1-2H3. The zero-order valence-corrected chi connectivity index (χ0v) is 14.0. The molecular weight excluding hydrogens is 310 g/mol. The number of methoxy groups -OCH3 is 1. The van der Waals surface area contributed by atoms with Crippen LogP contribution < -0.4 is 4.74 Å². The molecule has 0 fully saturated rings. The van der Waals surface area contributed by atoms with Crippen LogP contribution in [0.25, 0.3) is 6.08 Å². The summed E-state index contributed by atoms with van der Waals surface area (Å²) in [5, 5.41) is 3.06. The molecule has 4 nitrogen and oxygen atoms in total. The van der Waals surface area contributed by atoms with Crippen LogP contribution in [-0.4, -0.2) is 18.1 Å². The summed E-state index contributed by atoms with van der Waals surface area (Å²) >= 11 is 1.62. The molecule has 1 heterocycles. The van der Waals surface area contributed by atoms with E-state index < -0.39 is 5.97 Å². The van der Waals surface area contributed by atoms with E-state index in [4.69, 9.17) is 9.47 Å². The van der Waals surface area contributed by atoms with Gasteiger partial charge in [0.05, 0.1) is 29.6 Å². The molecule has 0 aliphatic carbocycles. The van der Waals surface area contributed by atoms with Crippen molar-refractivity contribution in [2.75, 3.05) is 7.11 Å². The SMILES string of the molecule is CCCc1nc(C=CC(=COC)C(=O)Oc2ccccc2)cs1. The van der Waals surface area contributed by atoms with Gasteiger partial charge in [0.15, 0.2) is 0 Å². The second-order valence-electron chi connectivity index (χ2n) is 4.76. The third-order valence-electron chi connectivity index (χ3n) is 2.90. The lowest BCUT2D eigenvalue weighted by Crippen LogP contribution is -2.10. The number of esters is 1. The first-order chi connectivity index (χ1) is 11.2. The van der Waals surface area contributed by atoms with Gasteiger partial charge in [-0.25, -0.2) is 9.78 Å². The number of para-hydroxylation sites is 1. The fourth-order valence-corrected chi connectivity index (χ4v) is 2.71. The quantitative estimate of drug-likeness (QED) is 0.251. The molecule has 0 amide bonds. The molecule has 120 valence electrons. The maximum Gasteiger partial charge on any atom is 0.346 e. The molecule has 5 heteroatoms. The molecule has 1 aromatic carbocycles. The number of hydrogen-bond donors (Lipinski definition) is 0. The fourth-order valence-electron chi connectivity index (χ4n) is 1.84. The van der Waals surface area contributed by atoms with Crippen LogP contribution in [0.2, 0.25) is 0 Å². The zero-order chi connectivity index (χ0) is 16.5. The van der Waals surface area contributed by atoms with Crippen molar-refractivity contribution in [1.29, 1.82) is 0 Å². The molecule has 0 saturated carbocycles. The summed E-state index contributed by atoms with van der Waals surface area (Å²) in [6.07, 6.45) is 6.83. The lowest BCUT2D eigenvalue weighted by molar-refractivity contribution is -0.129. The predicted octanol–water partition coefficient (Wildman–Crippen LogP) is 4.24. The minimum atomic E-state index is -0.474. The van der Waals surface area contributed by atoms with Crippen molar-refractivity contribution in [1.82, 2.24) is 4.98 Å². The summed E-state index contributed by atoms with van der Waals surface area (Å²) in [5.74, 6) is 0.0186. The molecule has 0 N–H and O–H groups in total. The minimum absolute atomic E-state index is 0.321. The smallest absolute Gasteiger partial charge is 0.346 e. The second kappa shape index (κ2) is 8.90. The number of benzene rings is 1. The lowest BCUT2D eigenvalue weighted by atomic mass is 10.2. The molecule has 0 saturated heterocycles. The van der Waals surface area contributed by atoms with Crippen LogP contribution in [0.3, 0.4) is 0 Å². The minimum Gasteiger partial charge on any atom is -0.503 e. The van der Waals surface area contributed by atoms with Gasteiger partial charge in [0.25, 0.3) is 0 Å². The third kappa shape index (κ3) is 5.38. The maximum atomic E-state index is 12.2. The van der Waals surface area contributed by atoms with Gasteiger partial charge in [-0.2, -0.15) is 0 Å². The number of rotatable bonds is 7. The number of nitrogens with zero attached hydrogens (tertiary/aromatic N) is 1. The highest BCUT2D eigenvalue weighted by Gasteiger charge is 2.10.